The van der Waals surface area contributed by atoms with E-state index in [2.05, 4.69) is 38.0 Å². The zero-order valence-electron chi connectivity index (χ0n) is 7.53. The Morgan fingerprint density at radius 1 is 0.818 bits per heavy atom. The van der Waals surface area contributed by atoms with Crippen LogP contribution in [0.2, 0.25) is 0 Å². The maximum absolute atomic E-state index is 2.17. The van der Waals surface area contributed by atoms with E-state index in [1.165, 1.54) is 0 Å². The van der Waals surface area contributed by atoms with Crippen molar-refractivity contribution in [1.82, 2.24) is 9.80 Å². The average molecular weight is 212 g/mol. The van der Waals surface area contributed by atoms with Crippen molar-refractivity contribution in [3.05, 3.63) is 0 Å². The molecule has 0 saturated heterocycles. The van der Waals surface area contributed by atoms with Crippen LogP contribution >= 0.6 is 31.4 Å². The summed E-state index contributed by atoms with van der Waals surface area (Å²) in [5.41, 5.74) is 0. The first kappa shape index (κ1) is 12.0. The molecule has 0 aliphatic heterocycles. The highest BCUT2D eigenvalue weighted by atomic mass is 33.5. The summed E-state index contributed by atoms with van der Waals surface area (Å²) in [5.74, 6) is 2.18. The highest BCUT2D eigenvalue weighted by Gasteiger charge is 1.93. The Kier molecular flexibility index (Phi) is 8.28. The normalized spacial score (nSPS) is 11.5. The lowest BCUT2D eigenvalue weighted by Gasteiger charge is -2.09. The summed E-state index contributed by atoms with van der Waals surface area (Å²) in [5, 5.41) is 0. The third-order valence-corrected chi connectivity index (χ3v) is 5.10. The average Bonchev–Trinajstić information content (AvgIpc) is 1.85. The summed E-state index contributed by atoms with van der Waals surface area (Å²) < 4.78 is 0. The minimum Gasteiger partial charge on any atom is -0.299 e. The molecule has 0 amide bonds. The van der Waals surface area contributed by atoms with Crippen molar-refractivity contribution in [2.24, 2.45) is 0 Å². The molecule has 0 aromatic heterocycles. The van der Waals surface area contributed by atoms with Crippen LogP contribution in [0, 0.1) is 0 Å². The second-order valence-corrected chi connectivity index (χ2v) is 6.89. The largest absolute Gasteiger partial charge is 0.299 e. The molecule has 0 fully saturated rings. The van der Waals surface area contributed by atoms with Gasteiger partial charge in [-0.3, -0.25) is 9.80 Å². The van der Waals surface area contributed by atoms with E-state index in [1.54, 1.807) is 0 Å². The van der Waals surface area contributed by atoms with Crippen LogP contribution in [0.1, 0.15) is 0 Å². The lowest BCUT2D eigenvalue weighted by atomic mass is 11.0. The molecule has 68 valence electrons. The van der Waals surface area contributed by atoms with E-state index in [1.807, 2.05) is 31.4 Å². The predicted molar refractivity (Wildman–Crippen MR) is 59.9 cm³/mol. The summed E-state index contributed by atoms with van der Waals surface area (Å²) in [7, 11) is 14.0. The van der Waals surface area contributed by atoms with E-state index >= 15 is 0 Å². The Labute approximate surface area is 81.3 Å². The van der Waals surface area contributed by atoms with Gasteiger partial charge in [-0.15, -0.1) is 0 Å². The van der Waals surface area contributed by atoms with Gasteiger partial charge in [-0.05, 0) is 38.0 Å². The second-order valence-electron chi connectivity index (χ2n) is 2.72. The van der Waals surface area contributed by atoms with E-state index in [9.17, 15) is 0 Å². The molecular weight excluding hydrogens is 196 g/mol. The first-order chi connectivity index (χ1) is 5.13. The molecule has 11 heavy (non-hydrogen) atoms. The first-order valence-electron chi connectivity index (χ1n) is 3.33. The summed E-state index contributed by atoms with van der Waals surface area (Å²) >= 11 is 0. The molecule has 0 aliphatic carbocycles. The van der Waals surface area contributed by atoms with Crippen LogP contribution in [0.3, 0.4) is 0 Å². The Morgan fingerprint density at radius 2 is 1.18 bits per heavy atom. The van der Waals surface area contributed by atoms with E-state index in [4.69, 9.17) is 0 Å². The maximum atomic E-state index is 2.17. The topological polar surface area (TPSA) is 6.48 Å². The lowest BCUT2D eigenvalue weighted by Crippen LogP contribution is -2.09. The van der Waals surface area contributed by atoms with Gasteiger partial charge < -0.3 is 0 Å². The molecule has 0 spiro atoms. The molecule has 0 unspecified atom stereocenters. The van der Waals surface area contributed by atoms with Gasteiger partial charge in [0.1, 0.15) is 0 Å². The van der Waals surface area contributed by atoms with Gasteiger partial charge in [0.25, 0.3) is 0 Å². The molecule has 0 atom stereocenters. The first-order valence-corrected chi connectivity index (χ1v) is 7.15. The monoisotopic (exact) mass is 212 g/mol. The summed E-state index contributed by atoms with van der Waals surface area (Å²) in [6, 6.07) is 0. The van der Waals surface area contributed by atoms with Crippen molar-refractivity contribution in [3.8, 4) is 0 Å². The van der Waals surface area contributed by atoms with Crippen molar-refractivity contribution in [3.63, 3.8) is 0 Å². The van der Waals surface area contributed by atoms with Crippen molar-refractivity contribution >= 4 is 31.4 Å². The summed E-state index contributed by atoms with van der Waals surface area (Å²) in [6.07, 6.45) is 0. The molecule has 5 heteroatoms. The molecule has 0 saturated carbocycles. The fourth-order valence-corrected chi connectivity index (χ4v) is 3.98. The number of hydrogen-bond acceptors (Lipinski definition) is 5. The third kappa shape index (κ3) is 11.0. The number of nitrogens with zero attached hydrogens (tertiary/aromatic N) is 2. The fraction of sp³-hybridized carbons (Fsp3) is 1.00. The van der Waals surface area contributed by atoms with Crippen molar-refractivity contribution in [2.75, 3.05) is 39.9 Å². The van der Waals surface area contributed by atoms with Crippen LogP contribution in [0.15, 0.2) is 0 Å². The molecule has 0 bridgehead atoms. The van der Waals surface area contributed by atoms with Gasteiger partial charge in [0.05, 0.1) is 11.8 Å². The molecular formula is C6H16N2S3. The Bertz CT molecular complexity index is 77.9. The standard InChI is InChI=1S/C6H16N2S3/c1-7(2)5-9-11-10-6-8(3)4/h5-6H2,1-4H3. The zero-order valence-corrected chi connectivity index (χ0v) is 9.98. The van der Waals surface area contributed by atoms with Gasteiger partial charge >= 0.3 is 0 Å². The number of rotatable bonds is 6. The van der Waals surface area contributed by atoms with Crippen LogP contribution < -0.4 is 0 Å². The molecule has 0 aromatic rings. The quantitative estimate of drug-likeness (QED) is 0.376. The summed E-state index contributed by atoms with van der Waals surface area (Å²) in [4.78, 5) is 4.35. The van der Waals surface area contributed by atoms with E-state index in [0.717, 1.165) is 11.8 Å². The highest BCUT2D eigenvalue weighted by molar-refractivity contribution is 9.09. The van der Waals surface area contributed by atoms with Crippen LogP contribution in [-0.4, -0.2) is 49.7 Å². The molecule has 0 N–H and O–H groups in total. The predicted octanol–water partition coefficient (Wildman–Crippen LogP) is 2.05. The molecule has 0 radical (unpaired) electrons. The van der Waals surface area contributed by atoms with Crippen LogP contribution in [0.5, 0.6) is 0 Å². The summed E-state index contributed by atoms with van der Waals surface area (Å²) in [6.45, 7) is 0. The van der Waals surface area contributed by atoms with Gasteiger partial charge in [-0.25, -0.2) is 0 Å². The fourth-order valence-electron chi connectivity index (χ4n) is 0.288. The molecule has 0 rings (SSSR count). The lowest BCUT2D eigenvalue weighted by molar-refractivity contribution is 0.486. The van der Waals surface area contributed by atoms with Gasteiger partial charge in [0, 0.05) is 0 Å². The van der Waals surface area contributed by atoms with E-state index < -0.39 is 0 Å². The van der Waals surface area contributed by atoms with Gasteiger partial charge in [-0.2, -0.15) is 0 Å². The molecule has 0 aliphatic rings. The van der Waals surface area contributed by atoms with Crippen LogP contribution in [0.4, 0.5) is 0 Å². The third-order valence-electron chi connectivity index (χ3n) is 0.718. The smallest absolute Gasteiger partial charge is 0.0551 e. The zero-order chi connectivity index (χ0) is 8.69. The number of hydrogen-bond donors (Lipinski definition) is 0. The molecule has 2 nitrogen and oxygen atoms in total. The van der Waals surface area contributed by atoms with Crippen LogP contribution in [-0.2, 0) is 0 Å². The molecule has 0 aromatic carbocycles. The maximum Gasteiger partial charge on any atom is 0.0551 e. The Balaban J connectivity index is 2.91. The Morgan fingerprint density at radius 3 is 1.45 bits per heavy atom. The van der Waals surface area contributed by atoms with Gasteiger partial charge in [0.2, 0.25) is 0 Å². The minimum atomic E-state index is 1.09. The van der Waals surface area contributed by atoms with Gasteiger partial charge in [0.15, 0.2) is 0 Å². The Hall–Kier alpha value is 0.970. The van der Waals surface area contributed by atoms with Crippen molar-refractivity contribution in [2.45, 2.75) is 0 Å². The second kappa shape index (κ2) is 7.61. The van der Waals surface area contributed by atoms with E-state index in [-0.39, 0.29) is 0 Å². The van der Waals surface area contributed by atoms with Crippen LogP contribution in [0.25, 0.3) is 0 Å². The van der Waals surface area contributed by atoms with E-state index in [0.29, 0.717) is 0 Å². The highest BCUT2D eigenvalue weighted by Crippen LogP contribution is 2.34. The van der Waals surface area contributed by atoms with Crippen molar-refractivity contribution < 1.29 is 0 Å². The van der Waals surface area contributed by atoms with Crippen molar-refractivity contribution in [1.29, 1.82) is 0 Å². The minimum absolute atomic E-state index is 1.09. The van der Waals surface area contributed by atoms with Gasteiger partial charge in [-0.1, -0.05) is 21.6 Å². The molecule has 0 heterocycles. The SMILES string of the molecule is CN(C)CSSSCN(C)C.